The van der Waals surface area contributed by atoms with E-state index in [2.05, 4.69) is 10.1 Å². The fraction of sp³-hybridized carbons (Fsp3) is 0. The van der Waals surface area contributed by atoms with Gasteiger partial charge in [0.2, 0.25) is 0 Å². The summed E-state index contributed by atoms with van der Waals surface area (Å²) in [5.41, 5.74) is 0.836. The average molecular weight is 198 g/mol. The monoisotopic (exact) mass is 198 g/mol. The SMILES string of the molecule is N#Cc1ccn(-c2ccc(C=O)cn2)n1. The molecule has 5 heteroatoms. The molecular formula is C10H6N4O. The first-order valence-electron chi connectivity index (χ1n) is 4.21. The molecule has 0 N–H and O–H groups in total. The van der Waals surface area contributed by atoms with Gasteiger partial charge in [-0.2, -0.15) is 10.4 Å². The average Bonchev–Trinajstić information content (AvgIpc) is 2.78. The van der Waals surface area contributed by atoms with Crippen LogP contribution in [0, 0.1) is 11.3 Å². The Morgan fingerprint density at radius 3 is 2.80 bits per heavy atom. The van der Waals surface area contributed by atoms with E-state index in [4.69, 9.17) is 5.26 Å². The zero-order valence-electron chi connectivity index (χ0n) is 7.66. The molecule has 0 saturated carbocycles. The van der Waals surface area contributed by atoms with Crippen molar-refractivity contribution in [3.05, 3.63) is 41.9 Å². The maximum absolute atomic E-state index is 10.4. The fourth-order valence-electron chi connectivity index (χ4n) is 1.11. The number of rotatable bonds is 2. The van der Waals surface area contributed by atoms with Crippen molar-refractivity contribution >= 4 is 6.29 Å². The number of hydrogen-bond acceptors (Lipinski definition) is 4. The van der Waals surface area contributed by atoms with Gasteiger partial charge in [0.25, 0.3) is 0 Å². The summed E-state index contributed by atoms with van der Waals surface area (Å²) in [7, 11) is 0. The second-order valence-electron chi connectivity index (χ2n) is 2.82. The molecule has 15 heavy (non-hydrogen) atoms. The Bertz CT molecular complexity index is 521. The second kappa shape index (κ2) is 3.72. The summed E-state index contributed by atoms with van der Waals surface area (Å²) in [6.45, 7) is 0. The van der Waals surface area contributed by atoms with Gasteiger partial charge in [0.15, 0.2) is 17.8 Å². The topological polar surface area (TPSA) is 71.6 Å². The van der Waals surface area contributed by atoms with Crippen molar-refractivity contribution in [3.8, 4) is 11.9 Å². The molecule has 5 nitrogen and oxygen atoms in total. The summed E-state index contributed by atoms with van der Waals surface area (Å²) in [4.78, 5) is 14.4. The van der Waals surface area contributed by atoms with Crippen LogP contribution in [0.1, 0.15) is 16.1 Å². The molecule has 2 heterocycles. The molecule has 0 spiro atoms. The number of hydrogen-bond donors (Lipinski definition) is 0. The lowest BCUT2D eigenvalue weighted by molar-refractivity contribution is 0.112. The van der Waals surface area contributed by atoms with E-state index in [9.17, 15) is 4.79 Å². The molecule has 0 saturated heterocycles. The number of pyridine rings is 1. The number of aldehydes is 1. The predicted molar refractivity (Wildman–Crippen MR) is 51.5 cm³/mol. The lowest BCUT2D eigenvalue weighted by Crippen LogP contribution is -1.98. The van der Waals surface area contributed by atoms with Crippen LogP contribution < -0.4 is 0 Å². The van der Waals surface area contributed by atoms with Crippen molar-refractivity contribution in [2.45, 2.75) is 0 Å². The van der Waals surface area contributed by atoms with E-state index >= 15 is 0 Å². The van der Waals surface area contributed by atoms with E-state index in [-0.39, 0.29) is 0 Å². The zero-order chi connectivity index (χ0) is 10.7. The molecule has 0 radical (unpaired) electrons. The Labute approximate surface area is 85.6 Å². The van der Waals surface area contributed by atoms with Gasteiger partial charge in [0, 0.05) is 18.0 Å². The molecule has 0 bridgehead atoms. The van der Waals surface area contributed by atoms with Crippen molar-refractivity contribution in [2.75, 3.05) is 0 Å². The minimum absolute atomic E-state index is 0.330. The molecule has 0 aliphatic carbocycles. The second-order valence-corrected chi connectivity index (χ2v) is 2.82. The Morgan fingerprint density at radius 1 is 1.40 bits per heavy atom. The zero-order valence-corrected chi connectivity index (χ0v) is 7.66. The van der Waals surface area contributed by atoms with E-state index in [0.29, 0.717) is 17.1 Å². The molecule has 72 valence electrons. The normalized spacial score (nSPS) is 9.53. The highest BCUT2D eigenvalue weighted by atomic mass is 16.1. The lowest BCUT2D eigenvalue weighted by atomic mass is 10.3. The molecular weight excluding hydrogens is 192 g/mol. The van der Waals surface area contributed by atoms with E-state index in [1.54, 1.807) is 24.4 Å². The molecule has 2 aromatic rings. The summed E-state index contributed by atoms with van der Waals surface area (Å²) in [5, 5.41) is 12.5. The smallest absolute Gasteiger partial charge is 0.162 e. The summed E-state index contributed by atoms with van der Waals surface area (Å²) in [5.74, 6) is 0.571. The van der Waals surface area contributed by atoms with E-state index < -0.39 is 0 Å². The maximum atomic E-state index is 10.4. The third-order valence-electron chi connectivity index (χ3n) is 1.85. The van der Waals surface area contributed by atoms with Gasteiger partial charge in [-0.25, -0.2) is 9.67 Å². The Morgan fingerprint density at radius 2 is 2.27 bits per heavy atom. The fourth-order valence-corrected chi connectivity index (χ4v) is 1.11. The first-order valence-corrected chi connectivity index (χ1v) is 4.21. The largest absolute Gasteiger partial charge is 0.298 e. The van der Waals surface area contributed by atoms with Gasteiger partial charge in [-0.05, 0) is 18.2 Å². The highest BCUT2D eigenvalue weighted by molar-refractivity contribution is 5.74. The van der Waals surface area contributed by atoms with Crippen molar-refractivity contribution in [2.24, 2.45) is 0 Å². The van der Waals surface area contributed by atoms with Crippen LogP contribution >= 0.6 is 0 Å². The van der Waals surface area contributed by atoms with Crippen molar-refractivity contribution in [1.29, 1.82) is 5.26 Å². The van der Waals surface area contributed by atoms with Gasteiger partial charge >= 0.3 is 0 Å². The van der Waals surface area contributed by atoms with E-state index in [1.165, 1.54) is 10.9 Å². The predicted octanol–water partition coefficient (Wildman–Crippen LogP) is 0.951. The molecule has 0 fully saturated rings. The quantitative estimate of drug-likeness (QED) is 0.673. The number of nitriles is 1. The van der Waals surface area contributed by atoms with Crippen LogP contribution in [-0.2, 0) is 0 Å². The number of nitrogens with zero attached hydrogens (tertiary/aromatic N) is 4. The molecule has 0 unspecified atom stereocenters. The molecule has 0 amide bonds. The highest BCUT2D eigenvalue weighted by Gasteiger charge is 2.01. The summed E-state index contributed by atoms with van der Waals surface area (Å²) >= 11 is 0. The van der Waals surface area contributed by atoms with Gasteiger partial charge in [0.1, 0.15) is 6.07 Å². The highest BCUT2D eigenvalue weighted by Crippen LogP contribution is 2.04. The molecule has 0 aliphatic rings. The first-order chi connectivity index (χ1) is 7.33. The minimum atomic E-state index is 0.330. The van der Waals surface area contributed by atoms with Crippen LogP contribution in [0.3, 0.4) is 0 Å². The van der Waals surface area contributed by atoms with Crippen molar-refractivity contribution in [3.63, 3.8) is 0 Å². The summed E-state index contributed by atoms with van der Waals surface area (Å²) in [6.07, 6.45) is 3.82. The van der Waals surface area contributed by atoms with Gasteiger partial charge in [0.05, 0.1) is 0 Å². The van der Waals surface area contributed by atoms with Gasteiger partial charge < -0.3 is 0 Å². The van der Waals surface area contributed by atoms with Crippen LogP contribution in [0.25, 0.3) is 5.82 Å². The van der Waals surface area contributed by atoms with Crippen LogP contribution in [0.5, 0.6) is 0 Å². The van der Waals surface area contributed by atoms with Crippen LogP contribution in [0.4, 0.5) is 0 Å². The number of carbonyl (C=O) groups is 1. The van der Waals surface area contributed by atoms with Crippen molar-refractivity contribution in [1.82, 2.24) is 14.8 Å². The minimum Gasteiger partial charge on any atom is -0.298 e. The Kier molecular flexibility index (Phi) is 2.25. The summed E-state index contributed by atoms with van der Waals surface area (Å²) < 4.78 is 1.48. The van der Waals surface area contributed by atoms with Crippen LogP contribution in [0.15, 0.2) is 30.6 Å². The third-order valence-corrected chi connectivity index (χ3v) is 1.85. The Balaban J connectivity index is 2.37. The lowest BCUT2D eigenvalue weighted by Gasteiger charge is -1.98. The van der Waals surface area contributed by atoms with Crippen LogP contribution in [0.2, 0.25) is 0 Å². The Hall–Kier alpha value is -2.48. The van der Waals surface area contributed by atoms with Crippen molar-refractivity contribution < 1.29 is 4.79 Å². The maximum Gasteiger partial charge on any atom is 0.162 e. The van der Waals surface area contributed by atoms with Gasteiger partial charge in [-0.3, -0.25) is 4.79 Å². The van der Waals surface area contributed by atoms with Gasteiger partial charge in [-0.15, -0.1) is 0 Å². The number of carbonyl (C=O) groups excluding carboxylic acids is 1. The molecule has 2 rings (SSSR count). The number of aromatic nitrogens is 3. The molecule has 2 aromatic heterocycles. The van der Waals surface area contributed by atoms with E-state index in [0.717, 1.165) is 6.29 Å². The van der Waals surface area contributed by atoms with Gasteiger partial charge in [-0.1, -0.05) is 0 Å². The first kappa shape index (κ1) is 9.09. The van der Waals surface area contributed by atoms with E-state index in [1.807, 2.05) is 6.07 Å². The molecule has 0 atom stereocenters. The third kappa shape index (κ3) is 1.74. The standard InChI is InChI=1S/C10H6N4O/c11-5-9-3-4-14(13-9)10-2-1-8(7-15)6-12-10/h1-4,6-7H. The summed E-state index contributed by atoms with van der Waals surface area (Å²) in [6, 6.07) is 6.82. The molecule has 0 aliphatic heterocycles. The van der Waals surface area contributed by atoms with Crippen LogP contribution in [-0.4, -0.2) is 21.1 Å². The molecule has 0 aromatic carbocycles.